The molecule has 0 unspecified atom stereocenters. The summed E-state index contributed by atoms with van der Waals surface area (Å²) < 4.78 is 0. The Morgan fingerprint density at radius 3 is 3.00 bits per heavy atom. The van der Waals surface area contributed by atoms with Crippen LogP contribution in [0.1, 0.15) is 6.92 Å². The van der Waals surface area contributed by atoms with Crippen molar-refractivity contribution in [3.05, 3.63) is 18.6 Å². The van der Waals surface area contributed by atoms with E-state index in [9.17, 15) is 4.79 Å². The highest BCUT2D eigenvalue weighted by Gasteiger charge is 2.12. The number of hydrogen-bond acceptors (Lipinski definition) is 4. The van der Waals surface area contributed by atoms with Crippen LogP contribution in [0.3, 0.4) is 0 Å². The molecule has 5 heteroatoms. The van der Waals surface area contributed by atoms with Gasteiger partial charge in [-0.1, -0.05) is 6.92 Å². The van der Waals surface area contributed by atoms with E-state index in [-0.39, 0.29) is 11.8 Å². The Balaban J connectivity index is 2.49. The molecule has 0 saturated carbocycles. The fourth-order valence-corrected chi connectivity index (χ4v) is 1.59. The van der Waals surface area contributed by atoms with Gasteiger partial charge >= 0.3 is 0 Å². The average Bonchev–Trinajstić information content (AvgIpc) is 2.19. The first kappa shape index (κ1) is 11.0. The fraction of sp³-hybridized carbons (Fsp3) is 0.444. The van der Waals surface area contributed by atoms with Crippen molar-refractivity contribution in [1.82, 2.24) is 9.97 Å². The lowest BCUT2D eigenvalue weighted by Gasteiger charge is -2.09. The first-order valence-electron chi connectivity index (χ1n) is 4.30. The number of rotatable bonds is 4. The van der Waals surface area contributed by atoms with Crippen LogP contribution < -0.4 is 5.32 Å². The van der Waals surface area contributed by atoms with E-state index in [0.29, 0.717) is 5.82 Å². The number of amides is 1. The summed E-state index contributed by atoms with van der Waals surface area (Å²) in [5.41, 5.74) is 0. The summed E-state index contributed by atoms with van der Waals surface area (Å²) >= 11 is 1.65. The van der Waals surface area contributed by atoms with Crippen LogP contribution in [-0.2, 0) is 4.79 Å². The van der Waals surface area contributed by atoms with Gasteiger partial charge in [0.05, 0.1) is 6.20 Å². The number of aromatic nitrogens is 2. The van der Waals surface area contributed by atoms with Crippen molar-refractivity contribution in [2.75, 3.05) is 17.3 Å². The molecule has 0 aliphatic heterocycles. The highest BCUT2D eigenvalue weighted by Crippen LogP contribution is 2.07. The van der Waals surface area contributed by atoms with Crippen LogP contribution in [0.5, 0.6) is 0 Å². The van der Waals surface area contributed by atoms with E-state index < -0.39 is 0 Å². The van der Waals surface area contributed by atoms with Gasteiger partial charge in [-0.05, 0) is 6.26 Å². The summed E-state index contributed by atoms with van der Waals surface area (Å²) in [5.74, 6) is 1.30. The van der Waals surface area contributed by atoms with E-state index in [0.717, 1.165) is 5.75 Å². The van der Waals surface area contributed by atoms with Gasteiger partial charge in [0.15, 0.2) is 5.82 Å². The average molecular weight is 211 g/mol. The molecule has 1 N–H and O–H groups in total. The monoisotopic (exact) mass is 211 g/mol. The van der Waals surface area contributed by atoms with Crippen molar-refractivity contribution >= 4 is 23.5 Å². The predicted octanol–water partition coefficient (Wildman–Crippen LogP) is 1.41. The zero-order chi connectivity index (χ0) is 10.4. The molecule has 76 valence electrons. The largest absolute Gasteiger partial charge is 0.309 e. The molecule has 0 aliphatic carbocycles. The molecule has 1 aromatic rings. The first-order valence-corrected chi connectivity index (χ1v) is 5.69. The molecule has 0 spiro atoms. The summed E-state index contributed by atoms with van der Waals surface area (Å²) in [6.07, 6.45) is 6.63. The minimum atomic E-state index is -0.0140. The number of anilines is 1. The Bertz CT molecular complexity index is 291. The molecular weight excluding hydrogens is 198 g/mol. The highest BCUT2D eigenvalue weighted by atomic mass is 32.2. The van der Waals surface area contributed by atoms with Crippen LogP contribution in [0, 0.1) is 5.92 Å². The molecule has 0 bridgehead atoms. The summed E-state index contributed by atoms with van der Waals surface area (Å²) in [6, 6.07) is 0. The topological polar surface area (TPSA) is 54.9 Å². The van der Waals surface area contributed by atoms with Crippen molar-refractivity contribution in [2.24, 2.45) is 5.92 Å². The molecule has 1 atom stereocenters. The van der Waals surface area contributed by atoms with Gasteiger partial charge in [-0.25, -0.2) is 4.98 Å². The van der Waals surface area contributed by atoms with Crippen LogP contribution in [-0.4, -0.2) is 27.9 Å². The second-order valence-corrected chi connectivity index (χ2v) is 3.85. The minimum absolute atomic E-state index is 0.00740. The van der Waals surface area contributed by atoms with Gasteiger partial charge in [-0.3, -0.25) is 9.78 Å². The molecule has 0 fully saturated rings. The number of hydrogen-bond donors (Lipinski definition) is 1. The third kappa shape index (κ3) is 3.33. The fourth-order valence-electron chi connectivity index (χ4n) is 0.939. The van der Waals surface area contributed by atoms with E-state index in [1.54, 1.807) is 24.2 Å². The van der Waals surface area contributed by atoms with Crippen LogP contribution in [0.15, 0.2) is 18.6 Å². The third-order valence-electron chi connectivity index (χ3n) is 1.68. The quantitative estimate of drug-likeness (QED) is 0.818. The Labute approximate surface area is 87.5 Å². The molecule has 4 nitrogen and oxygen atoms in total. The summed E-state index contributed by atoms with van der Waals surface area (Å²) in [5, 5.41) is 2.70. The van der Waals surface area contributed by atoms with Crippen LogP contribution >= 0.6 is 11.8 Å². The number of carbonyl (C=O) groups excluding carboxylic acids is 1. The summed E-state index contributed by atoms with van der Waals surface area (Å²) in [6.45, 7) is 1.89. The SMILES string of the molecule is CSC[C@H](C)C(=O)Nc1cnccn1. The van der Waals surface area contributed by atoms with Gasteiger partial charge in [-0.2, -0.15) is 11.8 Å². The van der Waals surface area contributed by atoms with Crippen molar-refractivity contribution in [1.29, 1.82) is 0 Å². The molecule has 1 heterocycles. The predicted molar refractivity (Wildman–Crippen MR) is 58.2 cm³/mol. The molecule has 0 saturated heterocycles. The van der Waals surface area contributed by atoms with Crippen LogP contribution in [0.25, 0.3) is 0 Å². The maximum atomic E-state index is 11.5. The van der Waals surface area contributed by atoms with Crippen molar-refractivity contribution in [3.63, 3.8) is 0 Å². The minimum Gasteiger partial charge on any atom is -0.309 e. The van der Waals surface area contributed by atoms with Crippen molar-refractivity contribution in [2.45, 2.75) is 6.92 Å². The van der Waals surface area contributed by atoms with Gasteiger partial charge in [0.25, 0.3) is 0 Å². The van der Waals surface area contributed by atoms with Gasteiger partial charge in [0.1, 0.15) is 0 Å². The molecule has 0 radical (unpaired) electrons. The Hall–Kier alpha value is -1.10. The second-order valence-electron chi connectivity index (χ2n) is 2.94. The lowest BCUT2D eigenvalue weighted by molar-refractivity contribution is -0.118. The van der Waals surface area contributed by atoms with E-state index in [4.69, 9.17) is 0 Å². The van der Waals surface area contributed by atoms with Gasteiger partial charge in [0.2, 0.25) is 5.91 Å². The van der Waals surface area contributed by atoms with Gasteiger partial charge in [-0.15, -0.1) is 0 Å². The molecular formula is C9H13N3OS. The Kier molecular flexibility index (Phi) is 4.39. The van der Waals surface area contributed by atoms with Crippen molar-refractivity contribution in [3.8, 4) is 0 Å². The first-order chi connectivity index (χ1) is 6.74. The number of nitrogens with zero attached hydrogens (tertiary/aromatic N) is 2. The Morgan fingerprint density at radius 2 is 2.43 bits per heavy atom. The lowest BCUT2D eigenvalue weighted by atomic mass is 10.2. The molecule has 0 aromatic carbocycles. The molecule has 1 rings (SSSR count). The van der Waals surface area contributed by atoms with Crippen LogP contribution in [0.2, 0.25) is 0 Å². The highest BCUT2D eigenvalue weighted by molar-refractivity contribution is 7.98. The maximum absolute atomic E-state index is 11.5. The van der Waals surface area contributed by atoms with E-state index >= 15 is 0 Å². The van der Waals surface area contributed by atoms with E-state index in [1.165, 1.54) is 6.20 Å². The zero-order valence-electron chi connectivity index (χ0n) is 8.23. The molecule has 0 aliphatic rings. The summed E-state index contributed by atoms with van der Waals surface area (Å²) in [4.78, 5) is 19.3. The van der Waals surface area contributed by atoms with Crippen LogP contribution in [0.4, 0.5) is 5.82 Å². The molecule has 1 aromatic heterocycles. The molecule has 14 heavy (non-hydrogen) atoms. The number of thioether (sulfide) groups is 1. The van der Waals surface area contributed by atoms with Gasteiger partial charge in [0, 0.05) is 24.1 Å². The lowest BCUT2D eigenvalue weighted by Crippen LogP contribution is -2.22. The molecule has 1 amide bonds. The van der Waals surface area contributed by atoms with E-state index in [1.807, 2.05) is 13.2 Å². The zero-order valence-corrected chi connectivity index (χ0v) is 9.04. The maximum Gasteiger partial charge on any atom is 0.229 e. The smallest absolute Gasteiger partial charge is 0.229 e. The van der Waals surface area contributed by atoms with Crippen molar-refractivity contribution < 1.29 is 4.79 Å². The summed E-state index contributed by atoms with van der Waals surface area (Å²) in [7, 11) is 0. The second kappa shape index (κ2) is 5.59. The van der Waals surface area contributed by atoms with E-state index in [2.05, 4.69) is 15.3 Å². The number of carbonyl (C=O) groups is 1. The Morgan fingerprint density at radius 1 is 1.64 bits per heavy atom. The van der Waals surface area contributed by atoms with Gasteiger partial charge < -0.3 is 5.32 Å². The number of nitrogens with one attached hydrogen (secondary N) is 1. The normalized spacial score (nSPS) is 12.1. The standard InChI is InChI=1S/C9H13N3OS/c1-7(6-14-2)9(13)12-8-5-10-3-4-11-8/h3-5,7H,6H2,1-2H3,(H,11,12,13)/t7-/m0/s1. The third-order valence-corrected chi connectivity index (χ3v) is 2.51.